The molecule has 0 saturated carbocycles. The van der Waals surface area contributed by atoms with E-state index in [9.17, 15) is 9.59 Å². The van der Waals surface area contributed by atoms with Crippen LogP contribution in [0.3, 0.4) is 0 Å². The molecule has 30 heavy (non-hydrogen) atoms. The lowest BCUT2D eigenvalue weighted by molar-refractivity contribution is -0.117. The number of nitrogens with one attached hydrogen (secondary N) is 2. The number of amides is 2. The van der Waals surface area contributed by atoms with Gasteiger partial charge in [0.2, 0.25) is 5.91 Å². The molecule has 1 saturated heterocycles. The number of hydrogen-bond acceptors (Lipinski definition) is 4. The molecule has 6 nitrogen and oxygen atoms in total. The third kappa shape index (κ3) is 4.66. The van der Waals surface area contributed by atoms with E-state index in [-0.39, 0.29) is 11.8 Å². The molecule has 1 aromatic heterocycles. The van der Waals surface area contributed by atoms with Crippen molar-refractivity contribution in [2.24, 2.45) is 0 Å². The minimum atomic E-state index is -0.190. The summed E-state index contributed by atoms with van der Waals surface area (Å²) >= 11 is 0. The number of rotatable bonds is 6. The van der Waals surface area contributed by atoms with Gasteiger partial charge in [-0.25, -0.2) is 4.98 Å². The summed E-state index contributed by atoms with van der Waals surface area (Å²) in [5.41, 5.74) is 4.44. The molecule has 0 aliphatic carbocycles. The first kappa shape index (κ1) is 19.6. The average molecular weight is 400 g/mol. The van der Waals surface area contributed by atoms with Crippen molar-refractivity contribution >= 4 is 29.0 Å². The summed E-state index contributed by atoms with van der Waals surface area (Å²) in [6, 6.07) is 19.2. The first-order valence-electron chi connectivity index (χ1n) is 10.1. The van der Waals surface area contributed by atoms with Gasteiger partial charge < -0.3 is 15.5 Å². The molecule has 0 spiro atoms. The molecule has 2 N–H and O–H groups in total. The topological polar surface area (TPSA) is 74.3 Å². The summed E-state index contributed by atoms with van der Waals surface area (Å²) in [5, 5.41) is 6.12. The van der Waals surface area contributed by atoms with Gasteiger partial charge >= 0.3 is 0 Å². The number of nitrogens with zero attached hydrogens (tertiary/aromatic N) is 2. The fourth-order valence-corrected chi connectivity index (χ4v) is 3.38. The Labute approximate surface area is 175 Å². The molecule has 1 aliphatic heterocycles. The van der Waals surface area contributed by atoms with Crippen LogP contribution in [0.25, 0.3) is 0 Å². The first-order chi connectivity index (χ1) is 14.6. The Kier molecular flexibility index (Phi) is 5.75. The molecule has 0 atom stereocenters. The van der Waals surface area contributed by atoms with E-state index in [2.05, 4.69) is 15.6 Å². The fourth-order valence-electron chi connectivity index (χ4n) is 3.38. The van der Waals surface area contributed by atoms with E-state index in [0.29, 0.717) is 24.3 Å². The molecule has 2 amide bonds. The number of hydrogen-bond donors (Lipinski definition) is 2. The third-order valence-corrected chi connectivity index (χ3v) is 5.13. The van der Waals surface area contributed by atoms with Crippen molar-refractivity contribution in [1.82, 2.24) is 4.98 Å². The lowest BCUT2D eigenvalue weighted by Gasteiger charge is -2.16. The summed E-state index contributed by atoms with van der Waals surface area (Å²) in [7, 11) is 0. The van der Waals surface area contributed by atoms with Crippen LogP contribution in [0.5, 0.6) is 0 Å². The maximum Gasteiger partial charge on any atom is 0.257 e. The number of aromatic nitrogens is 1. The number of carbonyl (C=O) groups excluding carboxylic acids is 2. The van der Waals surface area contributed by atoms with E-state index >= 15 is 0 Å². The lowest BCUT2D eigenvalue weighted by atomic mass is 10.2. The smallest absolute Gasteiger partial charge is 0.257 e. The monoisotopic (exact) mass is 400 g/mol. The second kappa shape index (κ2) is 8.78. The zero-order valence-electron chi connectivity index (χ0n) is 16.9. The van der Waals surface area contributed by atoms with Crippen LogP contribution >= 0.6 is 0 Å². The minimum Gasteiger partial charge on any atom is -0.366 e. The highest BCUT2D eigenvalue weighted by molar-refractivity contribution is 6.04. The fraction of sp³-hybridized carbons (Fsp3) is 0.208. The van der Waals surface area contributed by atoms with Gasteiger partial charge in [-0.05, 0) is 55.3 Å². The molecule has 1 aliphatic rings. The van der Waals surface area contributed by atoms with Crippen molar-refractivity contribution < 1.29 is 9.59 Å². The van der Waals surface area contributed by atoms with E-state index in [1.54, 1.807) is 18.3 Å². The number of pyridine rings is 1. The molecule has 0 radical (unpaired) electrons. The van der Waals surface area contributed by atoms with Gasteiger partial charge in [-0.15, -0.1) is 0 Å². The molecule has 6 heteroatoms. The van der Waals surface area contributed by atoms with Gasteiger partial charge in [0.15, 0.2) is 0 Å². The maximum atomic E-state index is 12.4. The number of aryl methyl sites for hydroxylation is 1. The highest BCUT2D eigenvalue weighted by Gasteiger charge is 2.21. The Bertz CT molecular complexity index is 1030. The van der Waals surface area contributed by atoms with Crippen LogP contribution < -0.4 is 15.5 Å². The summed E-state index contributed by atoms with van der Waals surface area (Å²) in [6.07, 6.45) is 3.12. The molecule has 2 aromatic carbocycles. The van der Waals surface area contributed by atoms with Gasteiger partial charge in [0.05, 0.1) is 5.56 Å². The molecule has 2 heterocycles. The molecular weight excluding hydrogens is 376 g/mol. The van der Waals surface area contributed by atoms with Crippen LogP contribution in [-0.4, -0.2) is 23.3 Å². The number of carbonyl (C=O) groups is 2. The van der Waals surface area contributed by atoms with E-state index in [4.69, 9.17) is 0 Å². The zero-order valence-corrected chi connectivity index (χ0v) is 16.9. The molecular formula is C24H24N4O2. The Balaban J connectivity index is 1.31. The van der Waals surface area contributed by atoms with Gasteiger partial charge in [-0.1, -0.05) is 29.8 Å². The van der Waals surface area contributed by atoms with Crippen LogP contribution in [0, 0.1) is 6.92 Å². The van der Waals surface area contributed by atoms with Crippen LogP contribution in [0.4, 0.5) is 17.2 Å². The summed E-state index contributed by atoms with van der Waals surface area (Å²) in [4.78, 5) is 30.4. The van der Waals surface area contributed by atoms with Crippen molar-refractivity contribution in [1.29, 1.82) is 0 Å². The quantitative estimate of drug-likeness (QED) is 0.644. The number of anilines is 3. The predicted molar refractivity (Wildman–Crippen MR) is 119 cm³/mol. The van der Waals surface area contributed by atoms with Gasteiger partial charge in [-0.2, -0.15) is 0 Å². The Hall–Kier alpha value is -3.67. The molecule has 3 aromatic rings. The second-order valence-electron chi connectivity index (χ2n) is 7.42. The van der Waals surface area contributed by atoms with Crippen LogP contribution in [0.2, 0.25) is 0 Å². The van der Waals surface area contributed by atoms with Crippen LogP contribution in [-0.2, 0) is 11.3 Å². The van der Waals surface area contributed by atoms with E-state index in [1.165, 1.54) is 0 Å². The van der Waals surface area contributed by atoms with Crippen molar-refractivity contribution in [2.75, 3.05) is 22.1 Å². The van der Waals surface area contributed by atoms with E-state index in [0.717, 1.165) is 35.5 Å². The van der Waals surface area contributed by atoms with Gasteiger partial charge in [0.1, 0.15) is 5.82 Å². The van der Waals surface area contributed by atoms with Crippen LogP contribution in [0.1, 0.15) is 34.3 Å². The minimum absolute atomic E-state index is 0.190. The highest BCUT2D eigenvalue weighted by Crippen LogP contribution is 2.22. The zero-order chi connectivity index (χ0) is 20.9. The van der Waals surface area contributed by atoms with Crippen molar-refractivity contribution in [3.05, 3.63) is 83.6 Å². The Morgan fingerprint density at radius 1 is 1.03 bits per heavy atom. The van der Waals surface area contributed by atoms with Gasteiger partial charge in [0.25, 0.3) is 5.91 Å². The van der Waals surface area contributed by atoms with Crippen LogP contribution in [0.15, 0.2) is 66.9 Å². The molecule has 0 bridgehead atoms. The largest absolute Gasteiger partial charge is 0.366 e. The van der Waals surface area contributed by atoms with E-state index in [1.807, 2.05) is 60.4 Å². The normalized spacial score (nSPS) is 13.4. The predicted octanol–water partition coefficient (Wildman–Crippen LogP) is 4.38. The number of benzene rings is 2. The molecule has 152 valence electrons. The third-order valence-electron chi connectivity index (χ3n) is 5.13. The summed E-state index contributed by atoms with van der Waals surface area (Å²) < 4.78 is 0. The highest BCUT2D eigenvalue weighted by atomic mass is 16.2. The molecule has 0 unspecified atom stereocenters. The molecule has 1 fully saturated rings. The van der Waals surface area contributed by atoms with Gasteiger partial charge in [-0.3, -0.25) is 9.59 Å². The standard InChI is InChI=1S/C24H24N4O2/c1-17-4-9-20(10-5-17)27-24(30)19-8-13-22(26-16-19)25-15-18-6-11-21(12-7-18)28-14-2-3-23(28)29/h4-13,16H,2-3,14-15H2,1H3,(H,25,26)(H,27,30). The summed E-state index contributed by atoms with van der Waals surface area (Å²) in [6.45, 7) is 3.41. The SMILES string of the molecule is Cc1ccc(NC(=O)c2ccc(NCc3ccc(N4CCCC4=O)cc3)nc2)cc1. The van der Waals surface area contributed by atoms with E-state index < -0.39 is 0 Å². The Morgan fingerprint density at radius 3 is 2.43 bits per heavy atom. The first-order valence-corrected chi connectivity index (χ1v) is 10.1. The average Bonchev–Trinajstić information content (AvgIpc) is 3.20. The molecule has 4 rings (SSSR count). The van der Waals surface area contributed by atoms with Crippen molar-refractivity contribution in [3.63, 3.8) is 0 Å². The van der Waals surface area contributed by atoms with Gasteiger partial charge in [0, 0.05) is 37.1 Å². The Morgan fingerprint density at radius 2 is 1.80 bits per heavy atom. The lowest BCUT2D eigenvalue weighted by Crippen LogP contribution is -2.23. The maximum absolute atomic E-state index is 12.4. The second-order valence-corrected chi connectivity index (χ2v) is 7.42. The summed E-state index contributed by atoms with van der Waals surface area (Å²) in [5.74, 6) is 0.696. The van der Waals surface area contributed by atoms with Crippen molar-refractivity contribution in [3.8, 4) is 0 Å². The van der Waals surface area contributed by atoms with Crippen molar-refractivity contribution in [2.45, 2.75) is 26.3 Å².